The van der Waals surface area contributed by atoms with Crippen molar-refractivity contribution in [2.45, 2.75) is 46.1 Å². The molecule has 2 aliphatic heterocycles. The summed E-state index contributed by atoms with van der Waals surface area (Å²) < 4.78 is 11.3. The molecule has 3 rings (SSSR count). The van der Waals surface area contributed by atoms with Gasteiger partial charge in [-0.2, -0.15) is 0 Å². The van der Waals surface area contributed by atoms with E-state index in [4.69, 9.17) is 14.5 Å². The lowest BCUT2D eigenvalue weighted by molar-refractivity contribution is -0.0318. The molecule has 0 spiro atoms. The van der Waals surface area contributed by atoms with Crippen molar-refractivity contribution >= 4 is 35.6 Å². The van der Waals surface area contributed by atoms with E-state index in [1.807, 2.05) is 0 Å². The molecular weight excluding hydrogens is 491 g/mol. The van der Waals surface area contributed by atoms with E-state index in [1.54, 1.807) is 0 Å². The highest BCUT2D eigenvalue weighted by molar-refractivity contribution is 14.0. The highest BCUT2D eigenvalue weighted by Gasteiger charge is 2.21. The van der Waals surface area contributed by atoms with Crippen LogP contribution in [0, 0.1) is 13.8 Å². The van der Waals surface area contributed by atoms with E-state index in [0.29, 0.717) is 6.10 Å². The van der Waals surface area contributed by atoms with E-state index >= 15 is 0 Å². The van der Waals surface area contributed by atoms with E-state index in [9.17, 15) is 0 Å². The summed E-state index contributed by atoms with van der Waals surface area (Å²) in [5, 5.41) is 3.47. The van der Waals surface area contributed by atoms with Gasteiger partial charge in [0.2, 0.25) is 0 Å². The maximum absolute atomic E-state index is 5.96. The third kappa shape index (κ3) is 7.27. The second-order valence-electron chi connectivity index (χ2n) is 7.96. The molecule has 7 heteroatoms. The van der Waals surface area contributed by atoms with Crippen LogP contribution < -0.4 is 10.2 Å². The first kappa shape index (κ1) is 25.2. The monoisotopic (exact) mass is 530 g/mol. The van der Waals surface area contributed by atoms with Crippen molar-refractivity contribution in [1.29, 1.82) is 0 Å². The molecule has 1 N–H and O–H groups in total. The number of halogens is 1. The Morgan fingerprint density at radius 1 is 1.17 bits per heavy atom. The smallest absolute Gasteiger partial charge is 0.194 e. The molecule has 1 aromatic rings. The van der Waals surface area contributed by atoms with Gasteiger partial charge in [0.05, 0.1) is 6.10 Å². The summed E-state index contributed by atoms with van der Waals surface area (Å²) in [6.45, 7) is 14.8. The quantitative estimate of drug-likeness (QED) is 0.253. The van der Waals surface area contributed by atoms with Crippen LogP contribution in [-0.2, 0) is 9.47 Å². The topological polar surface area (TPSA) is 49.3 Å². The Balaban J connectivity index is 0.00000320. The number of ether oxygens (including phenoxy) is 2. The van der Waals surface area contributed by atoms with Crippen LogP contribution in [0.25, 0.3) is 0 Å². The molecule has 0 amide bonds. The number of hydrogen-bond donors (Lipinski definition) is 1. The summed E-state index contributed by atoms with van der Waals surface area (Å²) >= 11 is 0. The fourth-order valence-corrected chi connectivity index (χ4v) is 4.01. The van der Waals surface area contributed by atoms with E-state index in [1.165, 1.54) is 16.8 Å². The number of rotatable bonds is 7. The molecule has 0 atom stereocenters. The van der Waals surface area contributed by atoms with Gasteiger partial charge in [0.15, 0.2) is 5.96 Å². The Hall–Kier alpha value is -1.06. The predicted molar refractivity (Wildman–Crippen MR) is 136 cm³/mol. The summed E-state index contributed by atoms with van der Waals surface area (Å²) in [5.41, 5.74) is 4.13. The molecule has 1 aromatic carbocycles. The third-order valence-corrected chi connectivity index (χ3v) is 5.92. The lowest BCUT2D eigenvalue weighted by Gasteiger charge is -2.38. The third-order valence-electron chi connectivity index (χ3n) is 5.92. The minimum Gasteiger partial charge on any atom is -0.381 e. The second kappa shape index (κ2) is 13.4. The predicted octanol–water partition coefficient (Wildman–Crippen LogP) is 3.59. The Kier molecular flexibility index (Phi) is 11.2. The number of hydrogen-bond acceptors (Lipinski definition) is 4. The van der Waals surface area contributed by atoms with Crippen LogP contribution in [-0.4, -0.2) is 76.1 Å². The Morgan fingerprint density at radius 3 is 2.60 bits per heavy atom. The van der Waals surface area contributed by atoms with Gasteiger partial charge in [-0.25, -0.2) is 0 Å². The molecular formula is C23H39IN4O2. The van der Waals surface area contributed by atoms with Crippen LogP contribution in [0.5, 0.6) is 0 Å². The van der Waals surface area contributed by atoms with Crippen molar-refractivity contribution in [3.05, 3.63) is 29.3 Å². The van der Waals surface area contributed by atoms with E-state index in [2.05, 4.69) is 54.1 Å². The molecule has 2 fully saturated rings. The molecule has 0 bridgehead atoms. The van der Waals surface area contributed by atoms with Crippen molar-refractivity contribution in [1.82, 2.24) is 10.2 Å². The number of nitrogens with one attached hydrogen (secondary N) is 1. The van der Waals surface area contributed by atoms with E-state index in [0.717, 1.165) is 84.3 Å². The summed E-state index contributed by atoms with van der Waals surface area (Å²) in [6, 6.07) is 6.60. The molecule has 170 valence electrons. The molecule has 2 aliphatic rings. The molecule has 0 aliphatic carbocycles. The van der Waals surface area contributed by atoms with E-state index in [-0.39, 0.29) is 24.0 Å². The van der Waals surface area contributed by atoms with Crippen molar-refractivity contribution in [2.75, 3.05) is 64.0 Å². The minimum atomic E-state index is 0. The van der Waals surface area contributed by atoms with Crippen LogP contribution >= 0.6 is 24.0 Å². The van der Waals surface area contributed by atoms with Crippen molar-refractivity contribution in [3.8, 4) is 0 Å². The Bertz CT molecular complexity index is 657. The van der Waals surface area contributed by atoms with Gasteiger partial charge < -0.3 is 24.6 Å². The molecule has 30 heavy (non-hydrogen) atoms. The van der Waals surface area contributed by atoms with Gasteiger partial charge >= 0.3 is 0 Å². The molecule has 2 saturated heterocycles. The van der Waals surface area contributed by atoms with Gasteiger partial charge in [-0.1, -0.05) is 12.1 Å². The number of aliphatic imine (C=N–C) groups is 1. The number of guanidine groups is 1. The minimum absolute atomic E-state index is 0. The van der Waals surface area contributed by atoms with Crippen molar-refractivity contribution in [2.24, 2.45) is 4.99 Å². The molecule has 6 nitrogen and oxygen atoms in total. The molecule has 0 radical (unpaired) electrons. The fraction of sp³-hybridized carbons (Fsp3) is 0.696. The number of anilines is 1. The molecule has 2 heterocycles. The summed E-state index contributed by atoms with van der Waals surface area (Å²) in [5.74, 6) is 1.04. The number of piperazine rings is 1. The first-order chi connectivity index (χ1) is 14.2. The lowest BCUT2D eigenvalue weighted by Crippen LogP contribution is -2.52. The number of benzene rings is 1. The summed E-state index contributed by atoms with van der Waals surface area (Å²) in [6.07, 6.45) is 3.39. The van der Waals surface area contributed by atoms with Crippen molar-refractivity contribution < 1.29 is 9.47 Å². The van der Waals surface area contributed by atoms with Crippen LogP contribution in [0.15, 0.2) is 23.2 Å². The summed E-state index contributed by atoms with van der Waals surface area (Å²) in [7, 11) is 0. The molecule has 0 aromatic heterocycles. The summed E-state index contributed by atoms with van der Waals surface area (Å²) in [4.78, 5) is 9.75. The maximum Gasteiger partial charge on any atom is 0.194 e. The van der Waals surface area contributed by atoms with E-state index < -0.39 is 0 Å². The largest absolute Gasteiger partial charge is 0.381 e. The van der Waals surface area contributed by atoms with Gasteiger partial charge in [-0.15, -0.1) is 24.0 Å². The average molecular weight is 530 g/mol. The highest BCUT2D eigenvalue weighted by Crippen LogP contribution is 2.23. The SMILES string of the molecule is CCNC(=NCCCOC1CCOCC1)N1CCN(c2cccc(C)c2C)CC1.I. The van der Waals surface area contributed by atoms with Gasteiger partial charge in [0, 0.05) is 64.8 Å². The zero-order chi connectivity index (χ0) is 20.5. The normalized spacial score (nSPS) is 18.3. The maximum atomic E-state index is 5.96. The number of aryl methyl sites for hydroxylation is 1. The Labute approximate surface area is 199 Å². The first-order valence-corrected chi connectivity index (χ1v) is 11.2. The van der Waals surface area contributed by atoms with Gasteiger partial charge in [0.25, 0.3) is 0 Å². The lowest BCUT2D eigenvalue weighted by atomic mass is 10.1. The van der Waals surface area contributed by atoms with Crippen LogP contribution in [0.3, 0.4) is 0 Å². The van der Waals surface area contributed by atoms with Gasteiger partial charge in [-0.3, -0.25) is 4.99 Å². The average Bonchev–Trinajstić information content (AvgIpc) is 2.76. The second-order valence-corrected chi connectivity index (χ2v) is 7.96. The first-order valence-electron chi connectivity index (χ1n) is 11.2. The van der Waals surface area contributed by atoms with Crippen LogP contribution in [0.4, 0.5) is 5.69 Å². The van der Waals surface area contributed by atoms with Crippen LogP contribution in [0.2, 0.25) is 0 Å². The Morgan fingerprint density at radius 2 is 1.90 bits per heavy atom. The zero-order valence-corrected chi connectivity index (χ0v) is 21.2. The standard InChI is InChI=1S/C23H38N4O2.HI/c1-4-24-23(25-11-6-16-29-21-9-17-28-18-10-21)27-14-12-26(13-15-27)22-8-5-7-19(2)20(22)3;/h5,7-8,21H,4,6,9-18H2,1-3H3,(H,24,25);1H. The highest BCUT2D eigenvalue weighted by atomic mass is 127. The fourth-order valence-electron chi connectivity index (χ4n) is 4.01. The molecule has 0 saturated carbocycles. The number of nitrogens with zero attached hydrogens (tertiary/aromatic N) is 3. The molecule has 0 unspecified atom stereocenters. The van der Waals surface area contributed by atoms with Crippen molar-refractivity contribution in [3.63, 3.8) is 0 Å². The van der Waals surface area contributed by atoms with Gasteiger partial charge in [-0.05, 0) is 57.2 Å². The zero-order valence-electron chi connectivity index (χ0n) is 18.9. The van der Waals surface area contributed by atoms with Crippen LogP contribution in [0.1, 0.15) is 37.3 Å². The van der Waals surface area contributed by atoms with Gasteiger partial charge in [0.1, 0.15) is 0 Å².